The van der Waals surface area contributed by atoms with Crippen molar-refractivity contribution in [2.24, 2.45) is 0 Å². The van der Waals surface area contributed by atoms with Crippen LogP contribution in [0.25, 0.3) is 16.8 Å². The Morgan fingerprint density at radius 1 is 1.16 bits per heavy atom. The number of likely N-dealkylation sites (tertiary alicyclic amines) is 2. The summed E-state index contributed by atoms with van der Waals surface area (Å²) in [6.07, 6.45) is -7.01. The van der Waals surface area contributed by atoms with Gasteiger partial charge in [0, 0.05) is 50.1 Å². The van der Waals surface area contributed by atoms with Crippen molar-refractivity contribution in [2.45, 2.75) is 50.6 Å². The van der Waals surface area contributed by atoms with E-state index in [1.807, 2.05) is 4.90 Å². The zero-order valence-electron chi connectivity index (χ0n) is 23.0. The van der Waals surface area contributed by atoms with Crippen LogP contribution in [0.3, 0.4) is 0 Å². The lowest BCUT2D eigenvalue weighted by Gasteiger charge is -2.31. The Balaban J connectivity index is 1.35. The maximum Gasteiger partial charge on any atom is 0.422 e. The van der Waals surface area contributed by atoms with Crippen LogP contribution in [0, 0.1) is 6.92 Å². The average molecular weight is 614 g/mol. The highest BCUT2D eigenvalue weighted by molar-refractivity contribution is 5.97. The molecular formula is C27H29F6N7O3. The van der Waals surface area contributed by atoms with Crippen LogP contribution in [0.1, 0.15) is 34.3 Å². The largest absolute Gasteiger partial charge is 0.440 e. The zero-order chi connectivity index (χ0) is 31.1. The molecule has 232 valence electrons. The van der Waals surface area contributed by atoms with Gasteiger partial charge in [-0.25, -0.2) is 27.5 Å². The number of carbonyl (C=O) groups is 2. The van der Waals surface area contributed by atoms with Crippen LogP contribution >= 0.6 is 0 Å². The SMILES string of the molecule is Cc1ccc(-c2cc(CN3CCC(F)(F)CC3)c3c(N)ncnn23)cc1C(=O)NC1CN(C(=O)OCC(F)(F)F)C[C@@H]1F. The van der Waals surface area contributed by atoms with E-state index in [0.717, 1.165) is 4.90 Å². The second kappa shape index (κ2) is 11.5. The molecule has 2 saturated heterocycles. The van der Waals surface area contributed by atoms with Crippen LogP contribution in [-0.2, 0) is 11.3 Å². The fourth-order valence-electron chi connectivity index (χ4n) is 5.31. The van der Waals surface area contributed by atoms with Gasteiger partial charge in [0.1, 0.15) is 18.0 Å². The number of piperidine rings is 1. The van der Waals surface area contributed by atoms with E-state index in [2.05, 4.69) is 20.1 Å². The smallest absolute Gasteiger partial charge is 0.422 e. The minimum Gasteiger partial charge on any atom is -0.440 e. The van der Waals surface area contributed by atoms with E-state index >= 15 is 0 Å². The van der Waals surface area contributed by atoms with Gasteiger partial charge in [0.25, 0.3) is 11.8 Å². The van der Waals surface area contributed by atoms with Crippen molar-refractivity contribution in [2.75, 3.05) is 38.5 Å². The number of nitrogens with two attached hydrogens (primary N) is 1. The molecule has 2 atom stereocenters. The molecule has 16 heteroatoms. The standard InChI is InChI=1S/C27H29F6N7O3/c1-15-2-3-16(8-18(15)24(41)37-20-12-39(11-19(20)28)25(42)43-13-27(31,32)33)21-9-17(22-23(34)35-14-36-40(21)22)10-38-6-4-26(29,30)5-7-38/h2-3,8-9,14,19-20H,4-7,10-13H2,1H3,(H,37,41)(H2,34,35,36)/t19-,20?/m0/s1. The van der Waals surface area contributed by atoms with Crippen LogP contribution < -0.4 is 11.1 Å². The number of alkyl halides is 6. The van der Waals surface area contributed by atoms with E-state index < -0.39 is 49.5 Å². The van der Waals surface area contributed by atoms with E-state index in [1.165, 1.54) is 6.33 Å². The second-order valence-electron chi connectivity index (χ2n) is 10.8. The number of benzene rings is 1. The predicted octanol–water partition coefficient (Wildman–Crippen LogP) is 3.97. The molecule has 3 N–H and O–H groups in total. The summed E-state index contributed by atoms with van der Waals surface area (Å²) in [4.78, 5) is 31.9. The summed E-state index contributed by atoms with van der Waals surface area (Å²) >= 11 is 0. The van der Waals surface area contributed by atoms with E-state index in [0.29, 0.717) is 34.4 Å². The highest BCUT2D eigenvalue weighted by Gasteiger charge is 2.39. The number of carbonyl (C=O) groups excluding carboxylic acids is 2. The van der Waals surface area contributed by atoms with Gasteiger partial charge in [0.15, 0.2) is 12.4 Å². The van der Waals surface area contributed by atoms with Gasteiger partial charge in [-0.3, -0.25) is 9.69 Å². The molecular weight excluding hydrogens is 584 g/mol. The van der Waals surface area contributed by atoms with Gasteiger partial charge in [-0.05, 0) is 30.2 Å². The minimum atomic E-state index is -4.73. The molecule has 0 spiro atoms. The summed E-state index contributed by atoms with van der Waals surface area (Å²) in [7, 11) is 0. The van der Waals surface area contributed by atoms with Crippen molar-refractivity contribution >= 4 is 23.3 Å². The highest BCUT2D eigenvalue weighted by atomic mass is 19.4. The fourth-order valence-corrected chi connectivity index (χ4v) is 5.31. The fraction of sp³-hybridized carbons (Fsp3) is 0.481. The van der Waals surface area contributed by atoms with E-state index in [1.54, 1.807) is 35.7 Å². The first-order valence-electron chi connectivity index (χ1n) is 13.5. The Kier molecular flexibility index (Phi) is 8.15. The number of aromatic nitrogens is 3. The molecule has 5 rings (SSSR count). The first-order chi connectivity index (χ1) is 20.2. The molecule has 2 aliphatic rings. The molecule has 0 bridgehead atoms. The van der Waals surface area contributed by atoms with Gasteiger partial charge < -0.3 is 20.7 Å². The lowest BCUT2D eigenvalue weighted by molar-refractivity contribution is -0.162. The number of nitrogens with zero attached hydrogens (tertiary/aromatic N) is 5. The Morgan fingerprint density at radius 2 is 1.88 bits per heavy atom. The van der Waals surface area contributed by atoms with Crippen LogP contribution in [0.5, 0.6) is 0 Å². The zero-order valence-corrected chi connectivity index (χ0v) is 23.0. The molecule has 0 aliphatic carbocycles. The molecule has 1 aromatic carbocycles. The third kappa shape index (κ3) is 6.78. The number of anilines is 1. The quantitative estimate of drug-likeness (QED) is 0.404. The monoisotopic (exact) mass is 613 g/mol. The molecule has 4 heterocycles. The average Bonchev–Trinajstić information content (AvgIpc) is 3.49. The number of nitrogens with one attached hydrogen (secondary N) is 1. The summed E-state index contributed by atoms with van der Waals surface area (Å²) < 4.78 is 84.9. The van der Waals surface area contributed by atoms with Gasteiger partial charge in [-0.2, -0.15) is 18.3 Å². The number of amides is 2. The molecule has 2 amide bonds. The van der Waals surface area contributed by atoms with Gasteiger partial charge >= 0.3 is 12.3 Å². The minimum absolute atomic E-state index is 0.192. The lowest BCUT2D eigenvalue weighted by Crippen LogP contribution is -2.42. The number of fused-ring (bicyclic) bond motifs is 1. The summed E-state index contributed by atoms with van der Waals surface area (Å²) in [6.45, 7) is -0.286. The second-order valence-corrected chi connectivity index (χ2v) is 10.8. The Labute approximate surface area is 241 Å². The topological polar surface area (TPSA) is 118 Å². The number of hydrogen-bond donors (Lipinski definition) is 2. The van der Waals surface area contributed by atoms with Crippen molar-refractivity contribution in [1.82, 2.24) is 29.7 Å². The first-order valence-corrected chi connectivity index (χ1v) is 13.5. The van der Waals surface area contributed by atoms with Crippen LogP contribution in [0.2, 0.25) is 0 Å². The molecule has 2 fully saturated rings. The lowest BCUT2D eigenvalue weighted by atomic mass is 10.0. The number of hydrogen-bond acceptors (Lipinski definition) is 7. The van der Waals surface area contributed by atoms with Crippen molar-refractivity contribution in [3.63, 3.8) is 0 Å². The van der Waals surface area contributed by atoms with Crippen molar-refractivity contribution in [3.05, 3.63) is 47.3 Å². The van der Waals surface area contributed by atoms with Crippen LogP contribution in [0.15, 0.2) is 30.6 Å². The summed E-state index contributed by atoms with van der Waals surface area (Å²) in [5.74, 6) is -3.15. The third-order valence-corrected chi connectivity index (χ3v) is 7.60. The number of rotatable bonds is 6. The molecule has 2 aliphatic heterocycles. The Morgan fingerprint density at radius 3 is 2.58 bits per heavy atom. The number of aryl methyl sites for hydroxylation is 1. The molecule has 10 nitrogen and oxygen atoms in total. The molecule has 43 heavy (non-hydrogen) atoms. The van der Waals surface area contributed by atoms with Gasteiger partial charge in [0.05, 0.1) is 18.3 Å². The van der Waals surface area contributed by atoms with Crippen LogP contribution in [0.4, 0.5) is 37.0 Å². The third-order valence-electron chi connectivity index (χ3n) is 7.60. The molecule has 0 radical (unpaired) electrons. The van der Waals surface area contributed by atoms with Gasteiger partial charge in [-0.15, -0.1) is 0 Å². The summed E-state index contributed by atoms with van der Waals surface area (Å²) in [5, 5.41) is 6.85. The van der Waals surface area contributed by atoms with Gasteiger partial charge in [-0.1, -0.05) is 12.1 Å². The van der Waals surface area contributed by atoms with Gasteiger partial charge in [0.2, 0.25) is 0 Å². The summed E-state index contributed by atoms with van der Waals surface area (Å²) in [5.41, 5.74) is 9.25. The van der Waals surface area contributed by atoms with E-state index in [9.17, 15) is 35.9 Å². The van der Waals surface area contributed by atoms with Crippen molar-refractivity contribution in [1.29, 1.82) is 0 Å². The molecule has 3 aromatic rings. The first kappa shape index (κ1) is 30.4. The summed E-state index contributed by atoms with van der Waals surface area (Å²) in [6, 6.07) is 5.65. The number of ether oxygens (including phenoxy) is 1. The maximum absolute atomic E-state index is 14.7. The van der Waals surface area contributed by atoms with Crippen LogP contribution in [-0.4, -0.2) is 93.5 Å². The Bertz CT molecular complexity index is 1520. The maximum atomic E-state index is 14.7. The Hall–Kier alpha value is -4.08. The van der Waals surface area contributed by atoms with Crippen molar-refractivity contribution in [3.8, 4) is 11.3 Å². The number of nitrogen functional groups attached to an aromatic ring is 1. The normalized spacial score (nSPS) is 20.9. The predicted molar refractivity (Wildman–Crippen MR) is 142 cm³/mol. The molecule has 2 aromatic heterocycles. The van der Waals surface area contributed by atoms with E-state index in [-0.39, 0.29) is 43.9 Å². The number of halogens is 6. The highest BCUT2D eigenvalue weighted by Crippen LogP contribution is 2.33. The van der Waals surface area contributed by atoms with Crippen molar-refractivity contribution < 1.29 is 40.7 Å². The van der Waals surface area contributed by atoms with E-state index in [4.69, 9.17) is 5.73 Å². The molecule has 1 unspecified atom stereocenters. The molecule has 0 saturated carbocycles.